The largest absolute Gasteiger partial charge is 0.497 e. The predicted octanol–water partition coefficient (Wildman–Crippen LogP) is 1.60. The summed E-state index contributed by atoms with van der Waals surface area (Å²) in [6.07, 6.45) is 0.500. The van der Waals surface area contributed by atoms with E-state index in [0.717, 1.165) is 23.5 Å². The molecule has 2 rings (SSSR count). The van der Waals surface area contributed by atoms with Crippen LogP contribution in [0, 0.1) is 0 Å². The summed E-state index contributed by atoms with van der Waals surface area (Å²) in [7, 11) is 1.64. The summed E-state index contributed by atoms with van der Waals surface area (Å²) in [5.74, 6) is 0.991. The molecule has 0 saturated heterocycles. The van der Waals surface area contributed by atoms with Gasteiger partial charge in [0.1, 0.15) is 5.75 Å². The van der Waals surface area contributed by atoms with Gasteiger partial charge in [-0.1, -0.05) is 0 Å². The van der Waals surface area contributed by atoms with E-state index in [0.29, 0.717) is 6.42 Å². The summed E-state index contributed by atoms with van der Waals surface area (Å²) in [5.41, 5.74) is 2.09. The van der Waals surface area contributed by atoms with Crippen LogP contribution in [-0.2, 0) is 11.2 Å². The first kappa shape index (κ1) is 9.06. The molecule has 14 heavy (non-hydrogen) atoms. The molecule has 0 bridgehead atoms. The third-order valence-electron chi connectivity index (χ3n) is 2.54. The van der Waals surface area contributed by atoms with Crippen molar-refractivity contribution in [2.75, 3.05) is 18.6 Å². The van der Waals surface area contributed by atoms with Crippen LogP contribution in [0.3, 0.4) is 0 Å². The van der Waals surface area contributed by atoms with E-state index in [2.05, 4.69) is 0 Å². The van der Waals surface area contributed by atoms with Crippen molar-refractivity contribution in [2.45, 2.75) is 13.3 Å². The van der Waals surface area contributed by atoms with Gasteiger partial charge in [-0.25, -0.2) is 0 Å². The number of carbonyl (C=O) groups is 1. The number of anilines is 1. The molecule has 1 aromatic rings. The molecule has 74 valence electrons. The summed E-state index contributed by atoms with van der Waals surface area (Å²) in [5, 5.41) is 0. The Bertz CT molecular complexity index is 374. The molecule has 0 aliphatic carbocycles. The van der Waals surface area contributed by atoms with Crippen LogP contribution in [0.25, 0.3) is 0 Å². The molecular weight excluding hydrogens is 178 g/mol. The monoisotopic (exact) mass is 191 g/mol. The van der Waals surface area contributed by atoms with Crippen LogP contribution in [0.2, 0.25) is 0 Å². The van der Waals surface area contributed by atoms with E-state index in [9.17, 15) is 4.79 Å². The average Bonchev–Trinajstić information content (AvgIpc) is 2.51. The van der Waals surface area contributed by atoms with Gasteiger partial charge in [0.05, 0.1) is 13.5 Å². The van der Waals surface area contributed by atoms with Crippen molar-refractivity contribution >= 4 is 11.6 Å². The SMILES string of the molecule is CCN1C(=O)Cc2cc(OC)ccc21. The maximum Gasteiger partial charge on any atom is 0.231 e. The van der Waals surface area contributed by atoms with Crippen LogP contribution >= 0.6 is 0 Å². The topological polar surface area (TPSA) is 29.5 Å². The number of likely N-dealkylation sites (N-methyl/N-ethyl adjacent to an activating group) is 1. The molecule has 3 nitrogen and oxygen atoms in total. The molecule has 0 saturated carbocycles. The first-order valence-electron chi connectivity index (χ1n) is 4.73. The van der Waals surface area contributed by atoms with Crippen LogP contribution in [0.15, 0.2) is 18.2 Å². The molecule has 1 amide bonds. The highest BCUT2D eigenvalue weighted by atomic mass is 16.5. The Labute approximate surface area is 83.3 Å². The van der Waals surface area contributed by atoms with E-state index < -0.39 is 0 Å². The van der Waals surface area contributed by atoms with Gasteiger partial charge in [-0.15, -0.1) is 0 Å². The molecule has 1 aliphatic rings. The van der Waals surface area contributed by atoms with E-state index in [4.69, 9.17) is 4.74 Å². The smallest absolute Gasteiger partial charge is 0.231 e. The van der Waals surface area contributed by atoms with Gasteiger partial charge in [-0.2, -0.15) is 0 Å². The third-order valence-corrected chi connectivity index (χ3v) is 2.54. The molecule has 0 unspecified atom stereocenters. The molecule has 1 aliphatic heterocycles. The molecule has 1 heterocycles. The van der Waals surface area contributed by atoms with Crippen molar-refractivity contribution in [3.05, 3.63) is 23.8 Å². The predicted molar refractivity (Wildman–Crippen MR) is 54.7 cm³/mol. The summed E-state index contributed by atoms with van der Waals surface area (Å²) in [6, 6.07) is 5.77. The highest BCUT2D eigenvalue weighted by Crippen LogP contribution is 2.31. The van der Waals surface area contributed by atoms with Crippen molar-refractivity contribution in [1.82, 2.24) is 0 Å². The van der Waals surface area contributed by atoms with Crippen molar-refractivity contribution in [3.8, 4) is 5.75 Å². The van der Waals surface area contributed by atoms with Gasteiger partial charge in [-0.3, -0.25) is 4.79 Å². The maximum atomic E-state index is 11.5. The number of hydrogen-bond donors (Lipinski definition) is 0. The van der Waals surface area contributed by atoms with Crippen molar-refractivity contribution in [2.24, 2.45) is 0 Å². The molecule has 3 heteroatoms. The van der Waals surface area contributed by atoms with Crippen LogP contribution in [-0.4, -0.2) is 19.6 Å². The zero-order chi connectivity index (χ0) is 10.1. The summed E-state index contributed by atoms with van der Waals surface area (Å²) >= 11 is 0. The standard InChI is InChI=1S/C11H13NO2/c1-3-12-10-5-4-9(14-2)6-8(10)7-11(12)13/h4-6H,3,7H2,1-2H3. The van der Waals surface area contributed by atoms with Gasteiger partial charge in [0, 0.05) is 12.2 Å². The second-order valence-corrected chi connectivity index (χ2v) is 3.31. The van der Waals surface area contributed by atoms with Gasteiger partial charge in [0.15, 0.2) is 0 Å². The Morgan fingerprint density at radius 3 is 2.93 bits per heavy atom. The summed E-state index contributed by atoms with van der Waals surface area (Å²) in [4.78, 5) is 13.3. The van der Waals surface area contributed by atoms with E-state index in [-0.39, 0.29) is 5.91 Å². The lowest BCUT2D eigenvalue weighted by Gasteiger charge is -2.14. The van der Waals surface area contributed by atoms with E-state index >= 15 is 0 Å². The lowest BCUT2D eigenvalue weighted by Crippen LogP contribution is -2.25. The number of fused-ring (bicyclic) bond motifs is 1. The zero-order valence-corrected chi connectivity index (χ0v) is 8.41. The lowest BCUT2D eigenvalue weighted by molar-refractivity contribution is -0.117. The molecular formula is C11H13NO2. The molecule has 0 spiro atoms. The normalized spacial score (nSPS) is 14.4. The molecule has 1 aromatic carbocycles. The second-order valence-electron chi connectivity index (χ2n) is 3.31. The van der Waals surface area contributed by atoms with Gasteiger partial charge in [-0.05, 0) is 30.7 Å². The van der Waals surface area contributed by atoms with Gasteiger partial charge in [0.25, 0.3) is 0 Å². The van der Waals surface area contributed by atoms with Crippen molar-refractivity contribution < 1.29 is 9.53 Å². The van der Waals surface area contributed by atoms with Crippen LogP contribution in [0.1, 0.15) is 12.5 Å². The Hall–Kier alpha value is -1.51. The number of nitrogens with zero attached hydrogens (tertiary/aromatic N) is 1. The first-order chi connectivity index (χ1) is 6.76. The number of ether oxygens (including phenoxy) is 1. The quantitative estimate of drug-likeness (QED) is 0.710. The fourth-order valence-corrected chi connectivity index (χ4v) is 1.83. The Balaban J connectivity index is 2.42. The van der Waals surface area contributed by atoms with E-state index in [1.54, 1.807) is 12.0 Å². The summed E-state index contributed by atoms with van der Waals surface area (Å²) < 4.78 is 5.11. The molecule has 0 radical (unpaired) electrons. The Morgan fingerprint density at radius 1 is 1.50 bits per heavy atom. The zero-order valence-electron chi connectivity index (χ0n) is 8.41. The minimum atomic E-state index is 0.177. The minimum absolute atomic E-state index is 0.177. The van der Waals surface area contributed by atoms with Crippen LogP contribution in [0.4, 0.5) is 5.69 Å². The number of benzene rings is 1. The molecule has 0 atom stereocenters. The number of carbonyl (C=O) groups excluding carboxylic acids is 1. The van der Waals surface area contributed by atoms with E-state index in [1.165, 1.54) is 0 Å². The molecule has 0 N–H and O–H groups in total. The van der Waals surface area contributed by atoms with E-state index in [1.807, 2.05) is 25.1 Å². The maximum absolute atomic E-state index is 11.5. The number of amides is 1. The summed E-state index contributed by atoms with van der Waals surface area (Å²) in [6.45, 7) is 2.72. The Morgan fingerprint density at radius 2 is 2.29 bits per heavy atom. The van der Waals surface area contributed by atoms with Crippen LogP contribution in [0.5, 0.6) is 5.75 Å². The van der Waals surface area contributed by atoms with Gasteiger partial charge in [0.2, 0.25) is 5.91 Å². The van der Waals surface area contributed by atoms with Crippen LogP contribution < -0.4 is 9.64 Å². The van der Waals surface area contributed by atoms with Gasteiger partial charge >= 0.3 is 0 Å². The average molecular weight is 191 g/mol. The Kier molecular flexibility index (Phi) is 2.15. The number of rotatable bonds is 2. The first-order valence-corrected chi connectivity index (χ1v) is 4.73. The highest BCUT2D eigenvalue weighted by Gasteiger charge is 2.25. The highest BCUT2D eigenvalue weighted by molar-refractivity contribution is 6.01. The fourth-order valence-electron chi connectivity index (χ4n) is 1.83. The lowest BCUT2D eigenvalue weighted by atomic mass is 10.1. The minimum Gasteiger partial charge on any atom is -0.497 e. The molecule has 0 fully saturated rings. The number of methoxy groups -OCH3 is 1. The fraction of sp³-hybridized carbons (Fsp3) is 0.364. The van der Waals surface area contributed by atoms with Crippen molar-refractivity contribution in [1.29, 1.82) is 0 Å². The molecule has 0 aromatic heterocycles. The van der Waals surface area contributed by atoms with Crippen molar-refractivity contribution in [3.63, 3.8) is 0 Å². The second kappa shape index (κ2) is 3.33. The van der Waals surface area contributed by atoms with Gasteiger partial charge < -0.3 is 9.64 Å². The third kappa shape index (κ3) is 1.25. The number of hydrogen-bond acceptors (Lipinski definition) is 2.